The van der Waals surface area contributed by atoms with Crippen molar-refractivity contribution in [2.24, 2.45) is 40.4 Å². The van der Waals surface area contributed by atoms with E-state index in [2.05, 4.69) is 6.92 Å². The van der Waals surface area contributed by atoms with Gasteiger partial charge in [0, 0.05) is 22.8 Å². The van der Waals surface area contributed by atoms with Crippen LogP contribution in [0.25, 0.3) is 0 Å². The molecule has 5 rings (SSSR count). The number of hydroxylamine groups is 2. The number of carbonyl (C=O) groups is 3. The first-order valence-corrected chi connectivity index (χ1v) is 12.9. The summed E-state index contributed by atoms with van der Waals surface area (Å²) >= 11 is 0. The molecule has 7 nitrogen and oxygen atoms in total. The highest BCUT2D eigenvalue weighted by atomic mass is 16.5. The summed E-state index contributed by atoms with van der Waals surface area (Å²) in [4.78, 5) is 38.0. The Morgan fingerprint density at radius 3 is 2.58 bits per heavy atom. The van der Waals surface area contributed by atoms with Crippen LogP contribution in [-0.2, 0) is 9.59 Å². The molecule has 1 amide bonds. The molecule has 4 aliphatic carbocycles. The standard InChI is InChI=1S/C29H35NO6/c1-28-11-10-20(32)13-19(28)8-9-21-22-12-18(15-30(36)27(35)17-6-4-3-5-7-17)25(24(34)16-31)29(22,2)14-23(33)26(21)28/h3-7,10-11,13,18,21-23,25-26,31,33,36H,8-9,12,14-16H2,1-2H3/t18-,21-,22-,23-,25+,26+,28-,29-/m0/s1. The fourth-order valence-electron chi connectivity index (χ4n) is 8.45. The number of rotatable bonds is 5. The van der Waals surface area contributed by atoms with E-state index in [1.807, 2.05) is 13.0 Å². The van der Waals surface area contributed by atoms with Crippen LogP contribution in [0.15, 0.2) is 54.1 Å². The first kappa shape index (κ1) is 25.1. The lowest BCUT2D eigenvalue weighted by Gasteiger charge is -2.58. The van der Waals surface area contributed by atoms with Crippen molar-refractivity contribution in [3.05, 3.63) is 59.7 Å². The first-order chi connectivity index (χ1) is 17.1. The van der Waals surface area contributed by atoms with Gasteiger partial charge >= 0.3 is 0 Å². The fourth-order valence-corrected chi connectivity index (χ4v) is 8.45. The molecule has 0 bridgehead atoms. The Morgan fingerprint density at radius 1 is 1.17 bits per heavy atom. The van der Waals surface area contributed by atoms with Crippen molar-refractivity contribution in [1.29, 1.82) is 0 Å². The van der Waals surface area contributed by atoms with Crippen molar-refractivity contribution in [3.8, 4) is 0 Å². The zero-order valence-corrected chi connectivity index (χ0v) is 20.8. The molecular formula is C29H35NO6. The molecule has 4 aliphatic rings. The average molecular weight is 494 g/mol. The Bertz CT molecular complexity index is 1130. The number of nitrogens with zero attached hydrogens (tertiary/aromatic N) is 1. The second-order valence-electron chi connectivity index (χ2n) is 11.7. The molecule has 3 fully saturated rings. The lowest BCUT2D eigenvalue weighted by Crippen LogP contribution is -2.56. The molecular weight excluding hydrogens is 458 g/mol. The van der Waals surface area contributed by atoms with Crippen molar-refractivity contribution >= 4 is 17.5 Å². The number of hydrogen-bond donors (Lipinski definition) is 3. The molecule has 3 N–H and O–H groups in total. The number of Topliss-reactive ketones (excluding diaryl/α,β-unsaturated/α-hetero) is 1. The first-order valence-electron chi connectivity index (χ1n) is 12.9. The van der Waals surface area contributed by atoms with Crippen molar-refractivity contribution in [2.75, 3.05) is 13.2 Å². The van der Waals surface area contributed by atoms with Gasteiger partial charge in [-0.15, -0.1) is 0 Å². The largest absolute Gasteiger partial charge is 0.393 e. The monoisotopic (exact) mass is 493 g/mol. The van der Waals surface area contributed by atoms with Gasteiger partial charge in [-0.05, 0) is 73.1 Å². The van der Waals surface area contributed by atoms with Crippen LogP contribution in [-0.4, -0.2) is 57.2 Å². The summed E-state index contributed by atoms with van der Waals surface area (Å²) in [6.45, 7) is 3.51. The highest BCUT2D eigenvalue weighted by Crippen LogP contribution is 2.67. The predicted octanol–water partition coefficient (Wildman–Crippen LogP) is 3.20. The van der Waals surface area contributed by atoms with Crippen LogP contribution in [0.5, 0.6) is 0 Å². The minimum absolute atomic E-state index is 0.0134. The minimum atomic E-state index is -0.674. The van der Waals surface area contributed by atoms with E-state index in [1.54, 1.807) is 42.5 Å². The number of hydrogen-bond acceptors (Lipinski definition) is 6. The summed E-state index contributed by atoms with van der Waals surface area (Å²) in [5, 5.41) is 32.8. The summed E-state index contributed by atoms with van der Waals surface area (Å²) in [7, 11) is 0. The van der Waals surface area contributed by atoms with Crippen LogP contribution in [0.3, 0.4) is 0 Å². The van der Waals surface area contributed by atoms with Gasteiger partial charge in [-0.3, -0.25) is 19.6 Å². The Labute approximate surface area is 211 Å². The Morgan fingerprint density at radius 2 is 1.89 bits per heavy atom. The lowest BCUT2D eigenvalue weighted by atomic mass is 9.46. The molecule has 7 heteroatoms. The molecule has 0 aliphatic heterocycles. The van der Waals surface area contributed by atoms with Crippen molar-refractivity contribution in [2.45, 2.75) is 45.6 Å². The van der Waals surface area contributed by atoms with Gasteiger partial charge in [-0.25, -0.2) is 5.06 Å². The number of benzene rings is 1. The van der Waals surface area contributed by atoms with E-state index in [-0.39, 0.29) is 41.8 Å². The Kier molecular flexibility index (Phi) is 6.30. The fraction of sp³-hybridized carbons (Fsp3) is 0.552. The lowest BCUT2D eigenvalue weighted by molar-refractivity contribution is -0.144. The second kappa shape index (κ2) is 9.05. The van der Waals surface area contributed by atoms with E-state index in [9.17, 15) is 29.8 Å². The molecule has 0 unspecified atom stereocenters. The summed E-state index contributed by atoms with van der Waals surface area (Å²) in [6, 6.07) is 8.52. The molecule has 0 spiro atoms. The molecule has 8 atom stereocenters. The van der Waals surface area contributed by atoms with E-state index in [4.69, 9.17) is 0 Å². The SMILES string of the molecule is C[C@]12C[C@H](O)[C@H]3[C@@H](CCC4=CC(=O)C=C[C@@]43C)[C@@H]1C[C@@H](CN(O)C(=O)c1ccccc1)[C@@H]2C(=O)CO. The summed E-state index contributed by atoms with van der Waals surface area (Å²) in [6.07, 6.45) is 7.17. The van der Waals surface area contributed by atoms with Gasteiger partial charge in [-0.1, -0.05) is 43.7 Å². The van der Waals surface area contributed by atoms with Gasteiger partial charge in [0.2, 0.25) is 0 Å². The van der Waals surface area contributed by atoms with Crippen molar-refractivity contribution in [1.82, 2.24) is 5.06 Å². The molecule has 1 aromatic rings. The van der Waals surface area contributed by atoms with E-state index in [0.717, 1.165) is 18.4 Å². The van der Waals surface area contributed by atoms with Crippen LogP contribution < -0.4 is 0 Å². The summed E-state index contributed by atoms with van der Waals surface area (Å²) in [5.74, 6) is -1.64. The number of aliphatic hydroxyl groups is 2. The number of ketones is 2. The number of amides is 1. The third-order valence-corrected chi connectivity index (χ3v) is 9.83. The van der Waals surface area contributed by atoms with Crippen LogP contribution in [0.4, 0.5) is 0 Å². The van der Waals surface area contributed by atoms with Crippen molar-refractivity contribution in [3.63, 3.8) is 0 Å². The topological polar surface area (TPSA) is 115 Å². The zero-order valence-electron chi connectivity index (χ0n) is 20.8. The van der Waals surface area contributed by atoms with E-state index >= 15 is 0 Å². The maximum Gasteiger partial charge on any atom is 0.277 e. The summed E-state index contributed by atoms with van der Waals surface area (Å²) < 4.78 is 0. The molecule has 1 aromatic carbocycles. The van der Waals surface area contributed by atoms with Crippen LogP contribution >= 0.6 is 0 Å². The predicted molar refractivity (Wildman–Crippen MR) is 132 cm³/mol. The second-order valence-corrected chi connectivity index (χ2v) is 11.7. The molecule has 0 aromatic heterocycles. The Balaban J connectivity index is 1.46. The number of aliphatic hydroxyl groups excluding tert-OH is 2. The quantitative estimate of drug-likeness (QED) is 0.429. The van der Waals surface area contributed by atoms with Crippen LogP contribution in [0.1, 0.15) is 49.9 Å². The zero-order chi connectivity index (χ0) is 25.8. The normalized spacial score (nSPS) is 39.0. The molecule has 0 saturated heterocycles. The highest BCUT2D eigenvalue weighted by molar-refractivity contribution is 6.01. The third-order valence-electron chi connectivity index (χ3n) is 9.83. The maximum absolute atomic E-state index is 13.1. The van der Waals surface area contributed by atoms with Gasteiger partial charge in [0.25, 0.3) is 5.91 Å². The van der Waals surface area contributed by atoms with E-state index < -0.39 is 35.4 Å². The molecule has 192 valence electrons. The molecule has 0 heterocycles. The number of carbonyl (C=O) groups excluding carboxylic acids is 3. The maximum atomic E-state index is 13.1. The van der Waals surface area contributed by atoms with Crippen LogP contribution in [0, 0.1) is 40.4 Å². The van der Waals surface area contributed by atoms with Gasteiger partial charge < -0.3 is 10.2 Å². The smallest absolute Gasteiger partial charge is 0.277 e. The van der Waals surface area contributed by atoms with Gasteiger partial charge in [0.15, 0.2) is 11.6 Å². The third kappa shape index (κ3) is 3.80. The van der Waals surface area contributed by atoms with Gasteiger partial charge in [0.05, 0.1) is 12.6 Å². The van der Waals surface area contributed by atoms with E-state index in [0.29, 0.717) is 23.5 Å². The van der Waals surface area contributed by atoms with Gasteiger partial charge in [0.1, 0.15) is 6.61 Å². The van der Waals surface area contributed by atoms with E-state index in [1.165, 1.54) is 0 Å². The minimum Gasteiger partial charge on any atom is -0.393 e. The summed E-state index contributed by atoms with van der Waals surface area (Å²) in [5.41, 5.74) is 0.443. The molecule has 36 heavy (non-hydrogen) atoms. The number of fused-ring (bicyclic) bond motifs is 5. The Hall–Kier alpha value is -2.61. The van der Waals surface area contributed by atoms with Crippen molar-refractivity contribution < 1.29 is 29.8 Å². The molecule has 0 radical (unpaired) electrons. The average Bonchev–Trinajstić information content (AvgIpc) is 3.14. The highest BCUT2D eigenvalue weighted by Gasteiger charge is 2.65. The van der Waals surface area contributed by atoms with Gasteiger partial charge in [-0.2, -0.15) is 0 Å². The number of allylic oxidation sites excluding steroid dienone is 4. The molecule has 3 saturated carbocycles. The van der Waals surface area contributed by atoms with Crippen LogP contribution in [0.2, 0.25) is 0 Å².